The van der Waals surface area contributed by atoms with Crippen molar-refractivity contribution in [2.45, 2.75) is 20.0 Å². The molecule has 0 atom stereocenters. The molecule has 0 aliphatic heterocycles. The van der Waals surface area contributed by atoms with Crippen molar-refractivity contribution < 1.29 is 9.90 Å². The van der Waals surface area contributed by atoms with Crippen LogP contribution in [0.1, 0.15) is 11.1 Å². The Balaban J connectivity index is 0.00000145. The number of nitrogens with zero attached hydrogens (tertiary/aromatic N) is 4. The number of nitrogens with one attached hydrogen (secondary N) is 3. The summed E-state index contributed by atoms with van der Waals surface area (Å²) in [6, 6.07) is 8.10. The second-order valence-electron chi connectivity index (χ2n) is 5.93. The SMILES string of the molecule is CNC(=O)Cn1cc(Nc2ncc(C)c(NCc3cccc(Br)c3)n2)cn1.CO. The molecule has 0 fully saturated rings. The van der Waals surface area contributed by atoms with E-state index >= 15 is 0 Å². The summed E-state index contributed by atoms with van der Waals surface area (Å²) in [7, 11) is 2.59. The molecule has 154 valence electrons. The Hall–Kier alpha value is -2.98. The van der Waals surface area contributed by atoms with Crippen LogP contribution in [-0.4, -0.2) is 44.9 Å². The number of carbonyl (C=O) groups excluding carboxylic acids is 1. The van der Waals surface area contributed by atoms with Crippen molar-refractivity contribution in [3.05, 3.63) is 58.5 Å². The molecule has 0 saturated heterocycles. The molecular formula is C19H24BrN7O2. The van der Waals surface area contributed by atoms with E-state index in [1.165, 1.54) is 0 Å². The van der Waals surface area contributed by atoms with Crippen molar-refractivity contribution in [1.29, 1.82) is 0 Å². The third-order valence-corrected chi connectivity index (χ3v) is 4.29. The maximum Gasteiger partial charge on any atom is 0.241 e. The van der Waals surface area contributed by atoms with E-state index in [0.717, 1.165) is 28.5 Å². The largest absolute Gasteiger partial charge is 0.400 e. The Morgan fingerprint density at radius 2 is 2.07 bits per heavy atom. The predicted molar refractivity (Wildman–Crippen MR) is 116 cm³/mol. The number of aliphatic hydroxyl groups is 1. The van der Waals surface area contributed by atoms with Crippen LogP contribution >= 0.6 is 15.9 Å². The summed E-state index contributed by atoms with van der Waals surface area (Å²) in [5.74, 6) is 1.09. The summed E-state index contributed by atoms with van der Waals surface area (Å²) >= 11 is 3.48. The summed E-state index contributed by atoms with van der Waals surface area (Å²) in [6.07, 6.45) is 5.11. The van der Waals surface area contributed by atoms with Gasteiger partial charge in [0, 0.05) is 43.1 Å². The van der Waals surface area contributed by atoms with Crippen molar-refractivity contribution in [1.82, 2.24) is 25.1 Å². The van der Waals surface area contributed by atoms with Gasteiger partial charge in [-0.1, -0.05) is 28.1 Å². The molecule has 4 N–H and O–H groups in total. The zero-order valence-electron chi connectivity index (χ0n) is 16.5. The van der Waals surface area contributed by atoms with Crippen molar-refractivity contribution in [3.63, 3.8) is 0 Å². The zero-order chi connectivity index (χ0) is 21.2. The van der Waals surface area contributed by atoms with Crippen LogP contribution in [0.25, 0.3) is 0 Å². The molecule has 0 spiro atoms. The normalized spacial score (nSPS) is 9.97. The van der Waals surface area contributed by atoms with Gasteiger partial charge in [-0.3, -0.25) is 9.48 Å². The molecule has 3 aromatic rings. The molecule has 1 amide bonds. The van der Waals surface area contributed by atoms with Gasteiger partial charge in [0.2, 0.25) is 11.9 Å². The van der Waals surface area contributed by atoms with Crippen molar-refractivity contribution in [3.8, 4) is 0 Å². The first-order valence-corrected chi connectivity index (χ1v) is 9.59. The van der Waals surface area contributed by atoms with Gasteiger partial charge in [-0.05, 0) is 24.6 Å². The first-order valence-electron chi connectivity index (χ1n) is 8.80. The maximum absolute atomic E-state index is 11.4. The van der Waals surface area contributed by atoms with Gasteiger partial charge >= 0.3 is 0 Å². The lowest BCUT2D eigenvalue weighted by atomic mass is 10.2. The Labute approximate surface area is 177 Å². The van der Waals surface area contributed by atoms with Crippen LogP contribution in [0.2, 0.25) is 0 Å². The average Bonchev–Trinajstić information content (AvgIpc) is 3.16. The Bertz CT molecular complexity index is 946. The number of aryl methyl sites for hydroxylation is 1. The topological polar surface area (TPSA) is 117 Å². The quantitative estimate of drug-likeness (QED) is 0.426. The van der Waals surface area contributed by atoms with Crippen LogP contribution in [0.15, 0.2) is 47.3 Å². The molecular weight excluding hydrogens is 438 g/mol. The van der Waals surface area contributed by atoms with E-state index < -0.39 is 0 Å². The molecule has 10 heteroatoms. The second kappa shape index (κ2) is 11.1. The predicted octanol–water partition coefficient (Wildman–Crippen LogP) is 2.45. The molecule has 2 heterocycles. The Morgan fingerprint density at radius 3 is 2.79 bits per heavy atom. The first kappa shape index (κ1) is 22.3. The highest BCUT2D eigenvalue weighted by atomic mass is 79.9. The van der Waals surface area contributed by atoms with Gasteiger partial charge in [-0.2, -0.15) is 10.1 Å². The minimum absolute atomic E-state index is 0.115. The number of carbonyl (C=O) groups is 1. The summed E-state index contributed by atoms with van der Waals surface area (Å²) in [4.78, 5) is 20.2. The highest BCUT2D eigenvalue weighted by Crippen LogP contribution is 2.18. The van der Waals surface area contributed by atoms with Crippen LogP contribution in [-0.2, 0) is 17.9 Å². The smallest absolute Gasteiger partial charge is 0.241 e. The minimum atomic E-state index is -0.115. The van der Waals surface area contributed by atoms with E-state index in [9.17, 15) is 4.79 Å². The van der Waals surface area contributed by atoms with Crippen molar-refractivity contribution in [2.24, 2.45) is 0 Å². The molecule has 2 aromatic heterocycles. The van der Waals surface area contributed by atoms with E-state index in [1.807, 2.05) is 25.1 Å². The number of aromatic nitrogens is 4. The number of anilines is 3. The molecule has 3 rings (SSSR count). The fraction of sp³-hybridized carbons (Fsp3) is 0.263. The second-order valence-corrected chi connectivity index (χ2v) is 6.85. The lowest BCUT2D eigenvalue weighted by Crippen LogP contribution is -2.23. The van der Waals surface area contributed by atoms with Gasteiger partial charge in [-0.25, -0.2) is 4.98 Å². The Morgan fingerprint density at radius 1 is 1.28 bits per heavy atom. The highest BCUT2D eigenvalue weighted by molar-refractivity contribution is 9.10. The third-order valence-electron chi connectivity index (χ3n) is 3.79. The van der Waals surface area contributed by atoms with Gasteiger partial charge in [-0.15, -0.1) is 0 Å². The monoisotopic (exact) mass is 461 g/mol. The summed E-state index contributed by atoms with van der Waals surface area (Å²) in [5.41, 5.74) is 2.80. The number of halogens is 1. The molecule has 29 heavy (non-hydrogen) atoms. The number of likely N-dealkylation sites (N-methyl/N-ethyl adjacent to an activating group) is 1. The van der Waals surface area contributed by atoms with E-state index in [2.05, 4.69) is 53.0 Å². The van der Waals surface area contributed by atoms with E-state index in [4.69, 9.17) is 5.11 Å². The number of aliphatic hydroxyl groups excluding tert-OH is 1. The lowest BCUT2D eigenvalue weighted by Gasteiger charge is -2.10. The molecule has 0 radical (unpaired) electrons. The number of amides is 1. The molecule has 9 nitrogen and oxygen atoms in total. The van der Waals surface area contributed by atoms with Crippen LogP contribution < -0.4 is 16.0 Å². The molecule has 0 bridgehead atoms. The van der Waals surface area contributed by atoms with Gasteiger partial charge in [0.25, 0.3) is 0 Å². The van der Waals surface area contributed by atoms with Gasteiger partial charge in [0.15, 0.2) is 0 Å². The highest BCUT2D eigenvalue weighted by Gasteiger charge is 2.07. The van der Waals surface area contributed by atoms with E-state index in [0.29, 0.717) is 18.2 Å². The maximum atomic E-state index is 11.4. The first-order chi connectivity index (χ1) is 14.0. The summed E-state index contributed by atoms with van der Waals surface area (Å²) < 4.78 is 2.58. The number of benzene rings is 1. The third kappa shape index (κ3) is 6.84. The fourth-order valence-electron chi connectivity index (χ4n) is 2.38. The lowest BCUT2D eigenvalue weighted by molar-refractivity contribution is -0.121. The standard InChI is InChI=1S/C18H20BrN7O.CH4O/c1-12-7-22-18(24-15-9-23-26(10-15)11-16(27)20-2)25-17(12)21-8-13-4-3-5-14(19)6-13;1-2/h3-7,9-10H,8,11H2,1-2H3,(H,20,27)(H2,21,22,24,25);2H,1H3. The Kier molecular flexibility index (Phi) is 8.56. The molecule has 0 aliphatic rings. The van der Waals surface area contributed by atoms with Crippen LogP contribution in [0.3, 0.4) is 0 Å². The number of hydrogen-bond donors (Lipinski definition) is 4. The van der Waals surface area contributed by atoms with E-state index in [1.54, 1.807) is 30.3 Å². The molecule has 1 aromatic carbocycles. The van der Waals surface area contributed by atoms with Crippen LogP contribution in [0, 0.1) is 6.92 Å². The van der Waals surface area contributed by atoms with Crippen molar-refractivity contribution in [2.75, 3.05) is 24.8 Å². The molecule has 0 aliphatic carbocycles. The van der Waals surface area contributed by atoms with Gasteiger partial charge in [0.1, 0.15) is 12.4 Å². The zero-order valence-corrected chi connectivity index (χ0v) is 18.1. The van der Waals surface area contributed by atoms with Crippen molar-refractivity contribution >= 4 is 39.3 Å². The molecule has 0 saturated carbocycles. The molecule has 0 unspecified atom stereocenters. The number of rotatable bonds is 7. The summed E-state index contributed by atoms with van der Waals surface area (Å²) in [5, 5.41) is 20.1. The van der Waals surface area contributed by atoms with E-state index in [-0.39, 0.29) is 12.5 Å². The number of hydrogen-bond acceptors (Lipinski definition) is 7. The van der Waals surface area contributed by atoms with Crippen LogP contribution in [0.5, 0.6) is 0 Å². The van der Waals surface area contributed by atoms with Crippen LogP contribution in [0.4, 0.5) is 17.5 Å². The minimum Gasteiger partial charge on any atom is -0.400 e. The summed E-state index contributed by atoms with van der Waals surface area (Å²) in [6.45, 7) is 2.77. The van der Waals surface area contributed by atoms with Gasteiger partial charge in [0.05, 0.1) is 11.9 Å². The average molecular weight is 462 g/mol. The van der Waals surface area contributed by atoms with Gasteiger partial charge < -0.3 is 21.1 Å². The fourth-order valence-corrected chi connectivity index (χ4v) is 2.83.